The van der Waals surface area contributed by atoms with Crippen molar-refractivity contribution in [1.82, 2.24) is 4.90 Å². The number of hydrogen-bond acceptors (Lipinski definition) is 3. The molecule has 0 fully saturated rings. The van der Waals surface area contributed by atoms with Gasteiger partial charge in [-0.1, -0.05) is 19.9 Å². The lowest BCUT2D eigenvalue weighted by atomic mass is 10.0. The van der Waals surface area contributed by atoms with E-state index in [1.165, 1.54) is 4.88 Å². The molecule has 90 valence electrons. The molecule has 0 amide bonds. The average molecular weight is 241 g/mol. The predicted octanol–water partition coefficient (Wildman–Crippen LogP) is 2.68. The molecule has 1 N–H and O–H groups in total. The second-order valence-electron chi connectivity index (χ2n) is 4.01. The lowest BCUT2D eigenvalue weighted by Crippen LogP contribution is -2.39. The minimum Gasteiger partial charge on any atom is -0.481 e. The normalized spacial score (nSPS) is 15.0. The molecule has 0 saturated carbocycles. The van der Waals surface area contributed by atoms with E-state index < -0.39 is 5.97 Å². The summed E-state index contributed by atoms with van der Waals surface area (Å²) in [4.78, 5) is 14.4. The van der Waals surface area contributed by atoms with Crippen LogP contribution >= 0.6 is 11.3 Å². The van der Waals surface area contributed by atoms with Gasteiger partial charge in [-0.3, -0.25) is 9.69 Å². The zero-order valence-electron chi connectivity index (χ0n) is 10.0. The highest BCUT2D eigenvalue weighted by Gasteiger charge is 2.24. The molecule has 0 spiro atoms. The van der Waals surface area contributed by atoms with Crippen molar-refractivity contribution in [3.8, 4) is 0 Å². The highest BCUT2D eigenvalue weighted by atomic mass is 32.1. The molecular formula is C12H19NO2S. The number of rotatable bonds is 6. The van der Waals surface area contributed by atoms with E-state index in [1.807, 2.05) is 13.0 Å². The Kier molecular flexibility index (Phi) is 4.96. The molecule has 2 atom stereocenters. The minimum atomic E-state index is -0.725. The number of hydrogen-bond donors (Lipinski definition) is 1. The maximum absolute atomic E-state index is 10.9. The van der Waals surface area contributed by atoms with Gasteiger partial charge >= 0.3 is 5.97 Å². The molecule has 0 aromatic carbocycles. The molecule has 1 aromatic rings. The van der Waals surface area contributed by atoms with Crippen LogP contribution in [0, 0.1) is 5.92 Å². The standard InChI is InChI=1S/C12H19NO2S/c1-4-13(8-11-6-5-7-16-11)10(3)9(2)12(14)15/h5-7,9-10H,4,8H2,1-3H3,(H,14,15). The summed E-state index contributed by atoms with van der Waals surface area (Å²) in [6.45, 7) is 7.53. The fourth-order valence-corrected chi connectivity index (χ4v) is 2.40. The Bertz CT molecular complexity index is 324. The summed E-state index contributed by atoms with van der Waals surface area (Å²) < 4.78 is 0. The summed E-state index contributed by atoms with van der Waals surface area (Å²) in [5.74, 6) is -1.06. The average Bonchev–Trinajstić information content (AvgIpc) is 2.76. The van der Waals surface area contributed by atoms with Gasteiger partial charge in [0.1, 0.15) is 0 Å². The van der Waals surface area contributed by atoms with Crippen LogP contribution in [0.3, 0.4) is 0 Å². The van der Waals surface area contributed by atoms with Gasteiger partial charge in [0.2, 0.25) is 0 Å². The molecule has 3 nitrogen and oxygen atoms in total. The summed E-state index contributed by atoms with van der Waals surface area (Å²) in [5, 5.41) is 11.0. The summed E-state index contributed by atoms with van der Waals surface area (Å²) in [6, 6.07) is 4.18. The first kappa shape index (κ1) is 13.2. The molecule has 0 aliphatic rings. The van der Waals surface area contributed by atoms with Gasteiger partial charge in [0, 0.05) is 17.5 Å². The molecular weight excluding hydrogens is 222 g/mol. The summed E-state index contributed by atoms with van der Waals surface area (Å²) in [5.41, 5.74) is 0. The fraction of sp³-hybridized carbons (Fsp3) is 0.583. The van der Waals surface area contributed by atoms with Gasteiger partial charge in [0.25, 0.3) is 0 Å². The molecule has 0 saturated heterocycles. The van der Waals surface area contributed by atoms with E-state index in [1.54, 1.807) is 18.3 Å². The van der Waals surface area contributed by atoms with E-state index in [9.17, 15) is 4.79 Å². The van der Waals surface area contributed by atoms with Crippen molar-refractivity contribution >= 4 is 17.3 Å². The van der Waals surface area contributed by atoms with Crippen molar-refractivity contribution < 1.29 is 9.90 Å². The van der Waals surface area contributed by atoms with Crippen LogP contribution in [-0.2, 0) is 11.3 Å². The number of thiophene rings is 1. The second kappa shape index (κ2) is 6.01. The van der Waals surface area contributed by atoms with E-state index in [4.69, 9.17) is 5.11 Å². The van der Waals surface area contributed by atoms with Crippen molar-refractivity contribution in [1.29, 1.82) is 0 Å². The first-order valence-corrected chi connectivity index (χ1v) is 6.43. The lowest BCUT2D eigenvalue weighted by Gasteiger charge is -2.29. The topological polar surface area (TPSA) is 40.5 Å². The summed E-state index contributed by atoms with van der Waals surface area (Å²) >= 11 is 1.72. The summed E-state index contributed by atoms with van der Waals surface area (Å²) in [6.07, 6.45) is 0. The van der Waals surface area contributed by atoms with Crippen LogP contribution in [0.4, 0.5) is 0 Å². The third-order valence-electron chi connectivity index (χ3n) is 3.03. The number of carboxylic acid groups (broad SMARTS) is 1. The highest BCUT2D eigenvalue weighted by molar-refractivity contribution is 7.09. The van der Waals surface area contributed by atoms with E-state index in [2.05, 4.69) is 23.3 Å². The zero-order chi connectivity index (χ0) is 12.1. The van der Waals surface area contributed by atoms with Crippen molar-refractivity contribution in [2.24, 2.45) is 5.92 Å². The smallest absolute Gasteiger partial charge is 0.307 e. The monoisotopic (exact) mass is 241 g/mol. The maximum Gasteiger partial charge on any atom is 0.307 e. The largest absolute Gasteiger partial charge is 0.481 e. The highest BCUT2D eigenvalue weighted by Crippen LogP contribution is 2.17. The van der Waals surface area contributed by atoms with Crippen LogP contribution in [0.1, 0.15) is 25.6 Å². The molecule has 1 rings (SSSR count). The van der Waals surface area contributed by atoms with E-state index in [-0.39, 0.29) is 12.0 Å². The number of carboxylic acids is 1. The molecule has 16 heavy (non-hydrogen) atoms. The molecule has 2 unspecified atom stereocenters. The van der Waals surface area contributed by atoms with Crippen LogP contribution in [-0.4, -0.2) is 28.6 Å². The molecule has 0 radical (unpaired) electrons. The van der Waals surface area contributed by atoms with Crippen LogP contribution < -0.4 is 0 Å². The molecule has 1 heterocycles. The van der Waals surface area contributed by atoms with Crippen molar-refractivity contribution in [3.63, 3.8) is 0 Å². The number of nitrogens with zero attached hydrogens (tertiary/aromatic N) is 1. The molecule has 0 bridgehead atoms. The quantitative estimate of drug-likeness (QED) is 0.832. The number of carbonyl (C=O) groups is 1. The van der Waals surface area contributed by atoms with Gasteiger partial charge in [0.15, 0.2) is 0 Å². The van der Waals surface area contributed by atoms with Crippen LogP contribution in [0.2, 0.25) is 0 Å². The van der Waals surface area contributed by atoms with Gasteiger partial charge in [-0.15, -0.1) is 11.3 Å². The van der Waals surface area contributed by atoms with Gasteiger partial charge in [-0.2, -0.15) is 0 Å². The van der Waals surface area contributed by atoms with Crippen LogP contribution in [0.5, 0.6) is 0 Å². The van der Waals surface area contributed by atoms with Crippen LogP contribution in [0.25, 0.3) is 0 Å². The Hall–Kier alpha value is -0.870. The Morgan fingerprint density at radius 1 is 1.56 bits per heavy atom. The van der Waals surface area contributed by atoms with Crippen molar-refractivity contribution in [3.05, 3.63) is 22.4 Å². The first-order chi connectivity index (χ1) is 7.56. The third-order valence-corrected chi connectivity index (χ3v) is 3.90. The Morgan fingerprint density at radius 3 is 2.69 bits per heavy atom. The van der Waals surface area contributed by atoms with Gasteiger partial charge < -0.3 is 5.11 Å². The van der Waals surface area contributed by atoms with E-state index in [0.717, 1.165) is 13.1 Å². The summed E-state index contributed by atoms with van der Waals surface area (Å²) in [7, 11) is 0. The molecule has 0 aliphatic carbocycles. The Balaban J connectivity index is 2.63. The van der Waals surface area contributed by atoms with E-state index in [0.29, 0.717) is 0 Å². The second-order valence-corrected chi connectivity index (χ2v) is 5.04. The zero-order valence-corrected chi connectivity index (χ0v) is 10.8. The van der Waals surface area contributed by atoms with Gasteiger partial charge in [-0.25, -0.2) is 0 Å². The minimum absolute atomic E-state index is 0.0598. The maximum atomic E-state index is 10.9. The first-order valence-electron chi connectivity index (χ1n) is 5.55. The van der Waals surface area contributed by atoms with Gasteiger partial charge in [-0.05, 0) is 24.9 Å². The SMILES string of the molecule is CCN(Cc1cccs1)C(C)C(C)C(=O)O. The van der Waals surface area contributed by atoms with E-state index >= 15 is 0 Å². The lowest BCUT2D eigenvalue weighted by molar-refractivity contribution is -0.143. The molecule has 0 aliphatic heterocycles. The van der Waals surface area contributed by atoms with Crippen LogP contribution in [0.15, 0.2) is 17.5 Å². The Morgan fingerprint density at radius 2 is 2.25 bits per heavy atom. The van der Waals surface area contributed by atoms with Gasteiger partial charge in [0.05, 0.1) is 5.92 Å². The van der Waals surface area contributed by atoms with Crippen molar-refractivity contribution in [2.75, 3.05) is 6.54 Å². The molecule has 1 aromatic heterocycles. The third kappa shape index (κ3) is 3.32. The molecule has 4 heteroatoms. The predicted molar refractivity (Wildman–Crippen MR) is 66.7 cm³/mol. The number of aliphatic carboxylic acids is 1. The fourth-order valence-electron chi connectivity index (χ4n) is 1.67. The van der Waals surface area contributed by atoms with Crippen molar-refractivity contribution in [2.45, 2.75) is 33.4 Å². The Labute approximate surface area is 101 Å².